The number of fused-ring (bicyclic) bond motifs is 1. The summed E-state index contributed by atoms with van der Waals surface area (Å²) in [5.41, 5.74) is 0.334. The zero-order valence-corrected chi connectivity index (χ0v) is 17.7. The molecule has 2 aliphatic rings. The number of carbonyl (C=O) groups is 5. The molecule has 1 saturated heterocycles. The minimum absolute atomic E-state index is 0.0177. The van der Waals surface area contributed by atoms with Crippen molar-refractivity contribution in [1.82, 2.24) is 20.0 Å². The summed E-state index contributed by atoms with van der Waals surface area (Å²) in [6, 6.07) is 5.99. The van der Waals surface area contributed by atoms with Crippen LogP contribution in [0, 0.1) is 0 Å². The molecule has 3 rings (SSSR count). The summed E-state index contributed by atoms with van der Waals surface area (Å²) in [6.07, 6.45) is -0.364. The average molecular weight is 444 g/mol. The second-order valence-electron chi connectivity index (χ2n) is 7.25. The summed E-state index contributed by atoms with van der Waals surface area (Å²) < 4.78 is 4.77. The number of hydrogen-bond acceptors (Lipinski definition) is 6. The number of hydrogen-bond donors (Lipinski definition) is 2. The van der Waals surface area contributed by atoms with Crippen molar-refractivity contribution in [1.29, 1.82) is 0 Å². The van der Waals surface area contributed by atoms with Gasteiger partial charge in [-0.1, -0.05) is 25.1 Å². The standard InChI is InChI=1S/C21H24N4O7/c1-3-10-24(20(29)30)19(28)15-9-11-23(21(31)32-2)16-12-14(18(27)25(15)16)22-17(26)13-7-5-4-6-8-13/h4-8,12,14-15H,3,9-11H2,1-2H3,(H,22,26)(H,29,30). The van der Waals surface area contributed by atoms with Gasteiger partial charge in [0.05, 0.1) is 7.11 Å². The number of benzene rings is 1. The summed E-state index contributed by atoms with van der Waals surface area (Å²) in [4.78, 5) is 65.5. The van der Waals surface area contributed by atoms with Crippen molar-refractivity contribution in [2.45, 2.75) is 31.8 Å². The summed E-state index contributed by atoms with van der Waals surface area (Å²) in [7, 11) is 1.18. The SMILES string of the molecule is CCCN(C(=O)O)C(=O)C1CCN(C(=O)OC)C2=CC(NC(=O)c3ccccc3)C(=O)N21. The normalized spacial score (nSPS) is 19.7. The molecule has 2 N–H and O–H groups in total. The Morgan fingerprint density at radius 2 is 1.91 bits per heavy atom. The molecule has 2 aliphatic heterocycles. The van der Waals surface area contributed by atoms with Crippen molar-refractivity contribution in [3.8, 4) is 0 Å². The van der Waals surface area contributed by atoms with Gasteiger partial charge in [0.25, 0.3) is 17.7 Å². The Hall–Kier alpha value is -3.89. The number of nitrogens with zero attached hydrogens (tertiary/aromatic N) is 3. The van der Waals surface area contributed by atoms with E-state index in [0.717, 1.165) is 4.90 Å². The Balaban J connectivity index is 1.91. The van der Waals surface area contributed by atoms with Gasteiger partial charge < -0.3 is 15.2 Å². The van der Waals surface area contributed by atoms with E-state index in [9.17, 15) is 29.1 Å². The first kappa shape index (κ1) is 22.8. The number of amides is 5. The molecule has 0 aliphatic carbocycles. The summed E-state index contributed by atoms with van der Waals surface area (Å²) >= 11 is 0. The fraction of sp³-hybridized carbons (Fsp3) is 0.381. The van der Waals surface area contributed by atoms with Gasteiger partial charge in [-0.25, -0.2) is 14.5 Å². The molecule has 1 aromatic carbocycles. The Bertz CT molecular complexity index is 962. The number of rotatable bonds is 5. The predicted molar refractivity (Wildman–Crippen MR) is 110 cm³/mol. The highest BCUT2D eigenvalue weighted by Crippen LogP contribution is 2.31. The third kappa shape index (κ3) is 4.27. The molecular weight excluding hydrogens is 420 g/mol. The molecule has 11 heteroatoms. The minimum Gasteiger partial charge on any atom is -0.465 e. The maximum Gasteiger partial charge on any atom is 0.415 e. The van der Waals surface area contributed by atoms with Crippen LogP contribution in [0.4, 0.5) is 9.59 Å². The lowest BCUT2D eigenvalue weighted by atomic mass is 10.1. The van der Waals surface area contributed by atoms with E-state index in [2.05, 4.69) is 5.32 Å². The van der Waals surface area contributed by atoms with Crippen molar-refractivity contribution >= 4 is 29.9 Å². The number of imide groups is 1. The van der Waals surface area contributed by atoms with Crippen LogP contribution in [-0.4, -0.2) is 82.0 Å². The van der Waals surface area contributed by atoms with Gasteiger partial charge in [0.2, 0.25) is 0 Å². The molecule has 0 bridgehead atoms. The maximum atomic E-state index is 13.2. The number of carboxylic acid groups (broad SMARTS) is 1. The quantitative estimate of drug-likeness (QED) is 0.697. The van der Waals surface area contributed by atoms with Crippen molar-refractivity contribution in [2.75, 3.05) is 20.2 Å². The molecular formula is C21H24N4O7. The van der Waals surface area contributed by atoms with Crippen molar-refractivity contribution < 1.29 is 33.8 Å². The van der Waals surface area contributed by atoms with Gasteiger partial charge in [0.15, 0.2) is 0 Å². The molecule has 2 unspecified atom stereocenters. The van der Waals surface area contributed by atoms with E-state index in [0.29, 0.717) is 16.9 Å². The third-order valence-electron chi connectivity index (χ3n) is 5.23. The molecule has 11 nitrogen and oxygen atoms in total. The van der Waals surface area contributed by atoms with Crippen LogP contribution in [0.1, 0.15) is 30.1 Å². The largest absolute Gasteiger partial charge is 0.465 e. The summed E-state index contributed by atoms with van der Waals surface area (Å²) in [6.45, 7) is 1.74. The van der Waals surface area contributed by atoms with E-state index in [-0.39, 0.29) is 25.3 Å². The summed E-state index contributed by atoms with van der Waals surface area (Å²) in [5.74, 6) is -1.84. The molecule has 2 atom stereocenters. The van der Waals surface area contributed by atoms with Gasteiger partial charge in [-0.2, -0.15) is 0 Å². The number of carbonyl (C=O) groups excluding carboxylic acids is 4. The Morgan fingerprint density at radius 3 is 2.50 bits per heavy atom. The molecule has 0 saturated carbocycles. The minimum atomic E-state index is -1.42. The number of methoxy groups -OCH3 is 1. The molecule has 0 radical (unpaired) electrons. The predicted octanol–water partition coefficient (Wildman–Crippen LogP) is 1.23. The third-order valence-corrected chi connectivity index (χ3v) is 5.23. The zero-order chi connectivity index (χ0) is 23.4. The van der Waals surface area contributed by atoms with Crippen molar-refractivity contribution in [3.05, 3.63) is 47.8 Å². The van der Waals surface area contributed by atoms with E-state index in [1.54, 1.807) is 37.3 Å². The molecule has 0 spiro atoms. The zero-order valence-electron chi connectivity index (χ0n) is 17.7. The van der Waals surface area contributed by atoms with Crippen LogP contribution >= 0.6 is 0 Å². The van der Waals surface area contributed by atoms with Gasteiger partial charge in [0, 0.05) is 18.7 Å². The lowest BCUT2D eigenvalue weighted by Crippen LogP contribution is -2.58. The van der Waals surface area contributed by atoms with Crippen LogP contribution in [0.2, 0.25) is 0 Å². The molecule has 170 valence electrons. The molecule has 1 fully saturated rings. The molecule has 2 heterocycles. The second kappa shape index (κ2) is 9.50. The van der Waals surface area contributed by atoms with Gasteiger partial charge in [-0.3, -0.25) is 24.2 Å². The first-order valence-corrected chi connectivity index (χ1v) is 10.1. The molecule has 32 heavy (non-hydrogen) atoms. The topological polar surface area (TPSA) is 137 Å². The first-order valence-electron chi connectivity index (χ1n) is 10.1. The Morgan fingerprint density at radius 1 is 1.22 bits per heavy atom. The fourth-order valence-electron chi connectivity index (χ4n) is 3.74. The van der Waals surface area contributed by atoms with Gasteiger partial charge >= 0.3 is 12.2 Å². The lowest BCUT2D eigenvalue weighted by molar-refractivity contribution is -0.144. The van der Waals surface area contributed by atoms with Crippen molar-refractivity contribution in [3.63, 3.8) is 0 Å². The molecule has 0 aromatic heterocycles. The molecule has 5 amide bonds. The smallest absolute Gasteiger partial charge is 0.415 e. The molecule has 1 aromatic rings. The van der Waals surface area contributed by atoms with E-state index >= 15 is 0 Å². The van der Waals surface area contributed by atoms with Gasteiger partial charge in [-0.05, 0) is 31.1 Å². The first-order chi connectivity index (χ1) is 15.3. The highest BCUT2D eigenvalue weighted by molar-refractivity contribution is 6.02. The van der Waals surface area contributed by atoms with Crippen molar-refractivity contribution in [2.24, 2.45) is 0 Å². The lowest BCUT2D eigenvalue weighted by Gasteiger charge is -2.40. The second-order valence-corrected chi connectivity index (χ2v) is 7.25. The van der Waals surface area contributed by atoms with Crippen LogP contribution < -0.4 is 5.32 Å². The van der Waals surface area contributed by atoms with Crippen LogP contribution in [0.25, 0.3) is 0 Å². The van der Waals surface area contributed by atoms with Crippen LogP contribution in [0.5, 0.6) is 0 Å². The van der Waals surface area contributed by atoms with E-state index in [1.165, 1.54) is 18.1 Å². The maximum absolute atomic E-state index is 13.2. The Kier molecular flexibility index (Phi) is 6.76. The number of nitrogens with one attached hydrogen (secondary N) is 1. The average Bonchev–Trinajstić information content (AvgIpc) is 3.12. The Labute approximate surface area is 184 Å². The van der Waals surface area contributed by atoms with Crippen LogP contribution in [0.3, 0.4) is 0 Å². The highest BCUT2D eigenvalue weighted by Gasteiger charge is 2.48. The van der Waals surface area contributed by atoms with E-state index < -0.39 is 42.0 Å². The van der Waals surface area contributed by atoms with E-state index in [4.69, 9.17) is 4.74 Å². The highest BCUT2D eigenvalue weighted by atomic mass is 16.5. The van der Waals surface area contributed by atoms with Crippen LogP contribution in [-0.2, 0) is 14.3 Å². The number of ether oxygens (including phenoxy) is 1. The fourth-order valence-corrected chi connectivity index (χ4v) is 3.74. The van der Waals surface area contributed by atoms with Gasteiger partial charge in [0.1, 0.15) is 17.9 Å². The van der Waals surface area contributed by atoms with Gasteiger partial charge in [-0.15, -0.1) is 0 Å². The summed E-state index contributed by atoms with van der Waals surface area (Å²) in [5, 5.41) is 12.0. The van der Waals surface area contributed by atoms with E-state index in [1.807, 2.05) is 0 Å². The van der Waals surface area contributed by atoms with Crippen LogP contribution in [0.15, 0.2) is 42.2 Å². The monoisotopic (exact) mass is 444 g/mol.